The molecule has 0 radical (unpaired) electrons. The lowest BCUT2D eigenvalue weighted by atomic mass is 10.0. The van der Waals surface area contributed by atoms with Crippen LogP contribution in [0.2, 0.25) is 0 Å². The number of nitrogens with zero attached hydrogens (tertiary/aromatic N) is 5. The molecule has 8 heteroatoms. The average molecular weight is 437 g/mol. The number of ether oxygens (including phenoxy) is 1. The van der Waals surface area contributed by atoms with Crippen LogP contribution in [0.15, 0.2) is 29.1 Å². The minimum atomic E-state index is -0.275. The van der Waals surface area contributed by atoms with Crippen LogP contribution in [0, 0.1) is 0 Å². The minimum Gasteiger partial charge on any atom is -0.376 e. The van der Waals surface area contributed by atoms with Crippen molar-refractivity contribution in [1.29, 1.82) is 0 Å². The van der Waals surface area contributed by atoms with E-state index in [1.807, 2.05) is 16.8 Å². The second-order valence-electron chi connectivity index (χ2n) is 9.04. The van der Waals surface area contributed by atoms with E-state index < -0.39 is 0 Å². The molecule has 32 heavy (non-hydrogen) atoms. The van der Waals surface area contributed by atoms with Gasteiger partial charge in [-0.3, -0.25) is 9.69 Å². The highest BCUT2D eigenvalue weighted by Crippen LogP contribution is 2.30. The molecule has 4 heterocycles. The zero-order valence-corrected chi connectivity index (χ0v) is 18.8. The summed E-state index contributed by atoms with van der Waals surface area (Å²) in [6, 6.07) is 8.02. The summed E-state index contributed by atoms with van der Waals surface area (Å²) in [6.45, 7) is 5.43. The molecule has 2 aliphatic rings. The maximum atomic E-state index is 13.3. The van der Waals surface area contributed by atoms with Crippen LogP contribution >= 0.6 is 0 Å². The lowest BCUT2D eigenvalue weighted by molar-refractivity contribution is 0.0909. The van der Waals surface area contributed by atoms with E-state index in [9.17, 15) is 4.79 Å². The zero-order chi connectivity index (χ0) is 21.9. The number of hydrogen-bond acceptors (Lipinski definition) is 6. The number of tetrazole rings is 1. The molecule has 0 unspecified atom stereocenters. The Morgan fingerprint density at radius 3 is 2.75 bits per heavy atom. The number of aromatic amines is 1. The van der Waals surface area contributed by atoms with Crippen molar-refractivity contribution in [2.75, 3.05) is 19.7 Å². The van der Waals surface area contributed by atoms with Gasteiger partial charge in [0.15, 0.2) is 5.82 Å². The van der Waals surface area contributed by atoms with Crippen LogP contribution in [0.5, 0.6) is 0 Å². The Kier molecular flexibility index (Phi) is 6.32. The topological polar surface area (TPSA) is 88.9 Å². The van der Waals surface area contributed by atoms with Crippen LogP contribution < -0.4 is 5.56 Å². The standard InChI is InChI=1S/C24H32N6O2/c1-2-17-9-10-21-18(14-17)15-20(24(31)25-21)22(29-11-5-3-4-6-12-29)23-26-27-28-30(23)16-19-8-7-13-32-19/h9-10,14-15,19,22H,2-8,11-13,16H2,1H3,(H,25,31)/t19-,22-/m0/s1. The fraction of sp³-hybridized carbons (Fsp3) is 0.583. The maximum absolute atomic E-state index is 13.3. The SMILES string of the molecule is CCc1ccc2[nH]c(=O)c([C@@H](c3nnnn3C[C@@H]3CCCO3)N3CCCCCC3)cc2c1. The van der Waals surface area contributed by atoms with Crippen molar-refractivity contribution in [3.63, 3.8) is 0 Å². The monoisotopic (exact) mass is 436 g/mol. The van der Waals surface area contributed by atoms with Gasteiger partial charge in [-0.2, -0.15) is 0 Å². The van der Waals surface area contributed by atoms with E-state index in [-0.39, 0.29) is 17.7 Å². The average Bonchev–Trinajstić information content (AvgIpc) is 3.41. The van der Waals surface area contributed by atoms with Crippen molar-refractivity contribution < 1.29 is 4.74 Å². The van der Waals surface area contributed by atoms with Gasteiger partial charge in [0.25, 0.3) is 5.56 Å². The number of hydrogen-bond donors (Lipinski definition) is 1. The lowest BCUT2D eigenvalue weighted by Crippen LogP contribution is -2.36. The number of likely N-dealkylation sites (tertiary alicyclic amines) is 1. The summed E-state index contributed by atoms with van der Waals surface area (Å²) in [5.74, 6) is 0.735. The molecule has 3 aromatic rings. The molecule has 2 aliphatic heterocycles. The number of fused-ring (bicyclic) bond motifs is 1. The highest BCUT2D eigenvalue weighted by atomic mass is 16.5. The second kappa shape index (κ2) is 9.50. The molecule has 0 aliphatic carbocycles. The third-order valence-electron chi connectivity index (χ3n) is 6.85. The molecule has 5 rings (SSSR count). The number of rotatable bonds is 6. The molecule has 2 saturated heterocycles. The Bertz CT molecular complexity index is 1110. The smallest absolute Gasteiger partial charge is 0.253 e. The summed E-state index contributed by atoms with van der Waals surface area (Å²) in [4.78, 5) is 18.8. The molecule has 2 atom stereocenters. The van der Waals surface area contributed by atoms with E-state index in [1.165, 1.54) is 18.4 Å². The summed E-state index contributed by atoms with van der Waals surface area (Å²) < 4.78 is 7.70. The Morgan fingerprint density at radius 1 is 1.16 bits per heavy atom. The summed E-state index contributed by atoms with van der Waals surface area (Å²) in [7, 11) is 0. The molecule has 0 bridgehead atoms. The van der Waals surface area contributed by atoms with Crippen LogP contribution in [-0.2, 0) is 17.7 Å². The number of aryl methyl sites for hydroxylation is 1. The number of aromatic nitrogens is 5. The van der Waals surface area contributed by atoms with E-state index >= 15 is 0 Å². The van der Waals surface area contributed by atoms with Crippen LogP contribution in [0.25, 0.3) is 10.9 Å². The van der Waals surface area contributed by atoms with Crippen molar-refractivity contribution in [3.05, 3.63) is 51.6 Å². The van der Waals surface area contributed by atoms with Crippen molar-refractivity contribution in [3.8, 4) is 0 Å². The molecule has 170 valence electrons. The Morgan fingerprint density at radius 2 is 2.00 bits per heavy atom. The third kappa shape index (κ3) is 4.34. The van der Waals surface area contributed by atoms with Gasteiger partial charge in [-0.15, -0.1) is 5.10 Å². The Labute approximate surface area is 188 Å². The summed E-state index contributed by atoms with van der Waals surface area (Å²) in [5, 5.41) is 13.8. The molecular formula is C24H32N6O2. The van der Waals surface area contributed by atoms with Crippen molar-refractivity contribution >= 4 is 10.9 Å². The van der Waals surface area contributed by atoms with E-state index in [2.05, 4.69) is 44.5 Å². The zero-order valence-electron chi connectivity index (χ0n) is 18.8. The molecule has 8 nitrogen and oxygen atoms in total. The van der Waals surface area contributed by atoms with Gasteiger partial charge in [0, 0.05) is 17.7 Å². The first kappa shape index (κ1) is 21.3. The highest BCUT2D eigenvalue weighted by molar-refractivity contribution is 5.80. The van der Waals surface area contributed by atoms with Gasteiger partial charge in [-0.1, -0.05) is 25.8 Å². The summed E-state index contributed by atoms with van der Waals surface area (Å²) in [6.07, 6.45) is 7.86. The van der Waals surface area contributed by atoms with E-state index in [1.54, 1.807) is 0 Å². The fourth-order valence-corrected chi connectivity index (χ4v) is 5.07. The van der Waals surface area contributed by atoms with Crippen molar-refractivity contribution in [1.82, 2.24) is 30.1 Å². The molecule has 2 fully saturated rings. The van der Waals surface area contributed by atoms with Gasteiger partial charge < -0.3 is 9.72 Å². The lowest BCUT2D eigenvalue weighted by Gasteiger charge is -2.30. The first-order chi connectivity index (χ1) is 15.7. The molecule has 2 aromatic heterocycles. The van der Waals surface area contributed by atoms with Gasteiger partial charge in [0.2, 0.25) is 0 Å². The van der Waals surface area contributed by atoms with Gasteiger partial charge in [0.05, 0.1) is 12.6 Å². The van der Waals surface area contributed by atoms with Gasteiger partial charge in [-0.25, -0.2) is 4.68 Å². The first-order valence-electron chi connectivity index (χ1n) is 12.0. The normalized spacial score (nSPS) is 21.1. The predicted octanol–water partition coefficient (Wildman–Crippen LogP) is 3.22. The maximum Gasteiger partial charge on any atom is 0.253 e. The number of nitrogens with one attached hydrogen (secondary N) is 1. The molecule has 0 amide bonds. The first-order valence-corrected chi connectivity index (χ1v) is 12.0. The predicted molar refractivity (Wildman–Crippen MR) is 123 cm³/mol. The summed E-state index contributed by atoms with van der Waals surface area (Å²) in [5.41, 5.74) is 2.77. The Hall–Kier alpha value is -2.58. The van der Waals surface area contributed by atoms with E-state index in [0.717, 1.165) is 74.1 Å². The molecule has 0 saturated carbocycles. The van der Waals surface area contributed by atoms with E-state index in [4.69, 9.17) is 4.74 Å². The third-order valence-corrected chi connectivity index (χ3v) is 6.85. The second-order valence-corrected chi connectivity index (χ2v) is 9.04. The van der Waals surface area contributed by atoms with Crippen LogP contribution in [0.4, 0.5) is 0 Å². The number of H-pyrrole nitrogens is 1. The Balaban J connectivity index is 1.60. The molecule has 1 N–H and O–H groups in total. The quantitative estimate of drug-likeness (QED) is 0.638. The fourth-order valence-electron chi connectivity index (χ4n) is 5.07. The number of pyridine rings is 1. The summed E-state index contributed by atoms with van der Waals surface area (Å²) >= 11 is 0. The van der Waals surface area contributed by atoms with Gasteiger partial charge >= 0.3 is 0 Å². The highest BCUT2D eigenvalue weighted by Gasteiger charge is 2.31. The molecule has 1 aromatic carbocycles. The largest absolute Gasteiger partial charge is 0.376 e. The van der Waals surface area contributed by atoms with E-state index in [0.29, 0.717) is 6.54 Å². The van der Waals surface area contributed by atoms with Crippen molar-refractivity contribution in [2.45, 2.75) is 70.6 Å². The van der Waals surface area contributed by atoms with Gasteiger partial charge in [0.1, 0.15) is 6.04 Å². The molecule has 0 spiro atoms. The van der Waals surface area contributed by atoms with Crippen LogP contribution in [0.3, 0.4) is 0 Å². The number of benzene rings is 1. The van der Waals surface area contributed by atoms with Gasteiger partial charge in [-0.05, 0) is 84.8 Å². The minimum absolute atomic E-state index is 0.0670. The van der Waals surface area contributed by atoms with Crippen LogP contribution in [0.1, 0.15) is 68.4 Å². The van der Waals surface area contributed by atoms with Crippen molar-refractivity contribution in [2.24, 2.45) is 0 Å². The molecular weight excluding hydrogens is 404 g/mol. The van der Waals surface area contributed by atoms with Crippen LogP contribution in [-0.4, -0.2) is 55.9 Å².